The fourth-order valence-electron chi connectivity index (χ4n) is 2.81. The first-order valence-electron chi connectivity index (χ1n) is 7.11. The van der Waals surface area contributed by atoms with Crippen LogP contribution in [0.1, 0.15) is 17.5 Å². The van der Waals surface area contributed by atoms with Crippen LogP contribution in [0.4, 0.5) is 11.4 Å². The minimum absolute atomic E-state index is 0.626. The van der Waals surface area contributed by atoms with E-state index in [1.54, 1.807) is 0 Å². The molecule has 1 aliphatic rings. The Morgan fingerprint density at radius 2 is 1.85 bits per heavy atom. The molecule has 2 aromatic carbocycles. The molecule has 0 aliphatic heterocycles. The van der Waals surface area contributed by atoms with Gasteiger partial charge in [0, 0.05) is 25.0 Å². The molecule has 0 unspecified atom stereocenters. The van der Waals surface area contributed by atoms with Gasteiger partial charge >= 0.3 is 0 Å². The minimum atomic E-state index is 0.626. The first kappa shape index (κ1) is 12.9. The summed E-state index contributed by atoms with van der Waals surface area (Å²) in [5, 5.41) is 0. The van der Waals surface area contributed by atoms with Crippen LogP contribution in [0.3, 0.4) is 0 Å². The van der Waals surface area contributed by atoms with Gasteiger partial charge in [-0.3, -0.25) is 0 Å². The lowest BCUT2D eigenvalue weighted by molar-refractivity contribution is 0.965. The molecule has 0 saturated heterocycles. The van der Waals surface area contributed by atoms with Crippen LogP contribution in [0.5, 0.6) is 0 Å². The van der Waals surface area contributed by atoms with Crippen LogP contribution in [0.15, 0.2) is 54.6 Å². The van der Waals surface area contributed by atoms with Gasteiger partial charge in [0.15, 0.2) is 0 Å². The normalized spacial score (nSPS) is 13.6. The lowest BCUT2D eigenvalue weighted by atomic mass is 9.90. The third-order valence-corrected chi connectivity index (χ3v) is 3.99. The highest BCUT2D eigenvalue weighted by atomic mass is 15.1. The molecule has 102 valence electrons. The Bertz CT molecular complexity index is 629. The summed E-state index contributed by atoms with van der Waals surface area (Å²) >= 11 is 0. The van der Waals surface area contributed by atoms with Crippen molar-refractivity contribution in [1.82, 2.24) is 0 Å². The molecular weight excluding hydrogens is 244 g/mol. The van der Waals surface area contributed by atoms with E-state index in [1.807, 2.05) is 6.07 Å². The Morgan fingerprint density at radius 1 is 1.05 bits per heavy atom. The molecule has 0 saturated carbocycles. The van der Waals surface area contributed by atoms with Gasteiger partial charge in [0.05, 0.1) is 0 Å². The number of nitrogens with two attached hydrogens (primary N) is 1. The number of hydrogen-bond donors (Lipinski definition) is 1. The number of nitrogens with zero attached hydrogens (tertiary/aromatic N) is 1. The van der Waals surface area contributed by atoms with Crippen LogP contribution >= 0.6 is 0 Å². The summed E-state index contributed by atoms with van der Waals surface area (Å²) in [5.41, 5.74) is 12.3. The fraction of sp³-hybridized carbons (Fsp3) is 0.222. The second kappa shape index (κ2) is 5.51. The van der Waals surface area contributed by atoms with E-state index in [4.69, 9.17) is 5.73 Å². The summed E-state index contributed by atoms with van der Waals surface area (Å²) in [7, 11) is 2.11. The predicted molar refractivity (Wildman–Crippen MR) is 86.3 cm³/mol. The molecule has 0 spiro atoms. The number of benzene rings is 2. The SMILES string of the molecule is CN(c1ccccc1)c1ccc2c(c1)CCC=C2CN. The standard InChI is InChI=1S/C18H20N2/c1-20(16-8-3-2-4-9-16)17-10-11-18-14(12-17)6-5-7-15(18)13-19/h2-4,7-12H,5-6,13,19H2,1H3. The van der Waals surface area contributed by atoms with Crippen molar-refractivity contribution >= 4 is 16.9 Å². The maximum atomic E-state index is 5.83. The van der Waals surface area contributed by atoms with Gasteiger partial charge < -0.3 is 10.6 Å². The third kappa shape index (κ3) is 2.35. The zero-order chi connectivity index (χ0) is 13.9. The number of hydrogen-bond acceptors (Lipinski definition) is 2. The van der Waals surface area contributed by atoms with E-state index in [-0.39, 0.29) is 0 Å². The summed E-state index contributed by atoms with van der Waals surface area (Å²) in [6.07, 6.45) is 4.47. The summed E-state index contributed by atoms with van der Waals surface area (Å²) in [5.74, 6) is 0. The van der Waals surface area contributed by atoms with Gasteiger partial charge in [0.2, 0.25) is 0 Å². The topological polar surface area (TPSA) is 29.3 Å². The molecule has 2 heteroatoms. The van der Waals surface area contributed by atoms with Gasteiger partial charge in [-0.1, -0.05) is 30.3 Å². The quantitative estimate of drug-likeness (QED) is 0.915. The second-order valence-electron chi connectivity index (χ2n) is 5.21. The van der Waals surface area contributed by atoms with E-state index in [2.05, 4.69) is 60.5 Å². The van der Waals surface area contributed by atoms with Crippen LogP contribution in [0.25, 0.3) is 5.57 Å². The molecule has 0 heterocycles. The van der Waals surface area contributed by atoms with Gasteiger partial charge in [0.1, 0.15) is 0 Å². The van der Waals surface area contributed by atoms with E-state index < -0.39 is 0 Å². The first-order chi connectivity index (χ1) is 9.79. The highest BCUT2D eigenvalue weighted by molar-refractivity contribution is 5.74. The zero-order valence-corrected chi connectivity index (χ0v) is 11.8. The van der Waals surface area contributed by atoms with Gasteiger partial charge in [-0.05, 0) is 53.8 Å². The van der Waals surface area contributed by atoms with E-state index in [9.17, 15) is 0 Å². The van der Waals surface area contributed by atoms with Gasteiger partial charge in [-0.2, -0.15) is 0 Å². The van der Waals surface area contributed by atoms with Crippen LogP contribution in [0.2, 0.25) is 0 Å². The van der Waals surface area contributed by atoms with Crippen molar-refractivity contribution in [1.29, 1.82) is 0 Å². The molecule has 20 heavy (non-hydrogen) atoms. The van der Waals surface area contributed by atoms with E-state index in [0.717, 1.165) is 12.8 Å². The predicted octanol–water partition coefficient (Wildman–Crippen LogP) is 3.74. The average Bonchev–Trinajstić information content (AvgIpc) is 2.53. The monoisotopic (exact) mass is 264 g/mol. The number of allylic oxidation sites excluding steroid dienone is 1. The smallest absolute Gasteiger partial charge is 0.0411 e. The molecule has 2 aromatic rings. The largest absolute Gasteiger partial charge is 0.345 e. The fourth-order valence-corrected chi connectivity index (χ4v) is 2.81. The Balaban J connectivity index is 1.95. The molecule has 2 nitrogen and oxygen atoms in total. The number of para-hydroxylation sites is 1. The second-order valence-corrected chi connectivity index (χ2v) is 5.21. The average molecular weight is 264 g/mol. The summed E-state index contributed by atoms with van der Waals surface area (Å²) in [4.78, 5) is 2.22. The highest BCUT2D eigenvalue weighted by Gasteiger charge is 2.13. The van der Waals surface area contributed by atoms with Gasteiger partial charge in [-0.25, -0.2) is 0 Å². The zero-order valence-electron chi connectivity index (χ0n) is 11.8. The maximum Gasteiger partial charge on any atom is 0.0411 e. The molecule has 0 amide bonds. The molecule has 0 fully saturated rings. The van der Waals surface area contributed by atoms with Crippen molar-refractivity contribution in [3.8, 4) is 0 Å². The maximum absolute atomic E-state index is 5.83. The Morgan fingerprint density at radius 3 is 2.60 bits per heavy atom. The lowest BCUT2D eigenvalue weighted by Gasteiger charge is -2.23. The molecule has 2 N–H and O–H groups in total. The number of fused-ring (bicyclic) bond motifs is 1. The van der Waals surface area contributed by atoms with Crippen molar-refractivity contribution in [3.05, 3.63) is 65.7 Å². The third-order valence-electron chi connectivity index (χ3n) is 3.99. The summed E-state index contributed by atoms with van der Waals surface area (Å²) in [6.45, 7) is 0.626. The van der Waals surface area contributed by atoms with E-state index in [1.165, 1.54) is 28.1 Å². The lowest BCUT2D eigenvalue weighted by Crippen LogP contribution is -2.12. The van der Waals surface area contributed by atoms with Gasteiger partial charge in [0.25, 0.3) is 0 Å². The van der Waals surface area contributed by atoms with Gasteiger partial charge in [-0.15, -0.1) is 0 Å². The van der Waals surface area contributed by atoms with E-state index in [0.29, 0.717) is 6.54 Å². The molecule has 0 bridgehead atoms. The van der Waals surface area contributed by atoms with Crippen LogP contribution < -0.4 is 10.6 Å². The number of anilines is 2. The molecule has 3 rings (SSSR count). The number of aryl methyl sites for hydroxylation is 1. The number of rotatable bonds is 3. The van der Waals surface area contributed by atoms with Crippen molar-refractivity contribution in [2.24, 2.45) is 5.73 Å². The minimum Gasteiger partial charge on any atom is -0.345 e. The molecule has 0 atom stereocenters. The van der Waals surface area contributed by atoms with Crippen molar-refractivity contribution < 1.29 is 0 Å². The molecular formula is C18H20N2. The van der Waals surface area contributed by atoms with Crippen molar-refractivity contribution in [2.75, 3.05) is 18.5 Å². The summed E-state index contributed by atoms with van der Waals surface area (Å²) in [6, 6.07) is 17.1. The highest BCUT2D eigenvalue weighted by Crippen LogP contribution is 2.31. The molecule has 0 radical (unpaired) electrons. The van der Waals surface area contributed by atoms with Crippen LogP contribution in [-0.2, 0) is 6.42 Å². The van der Waals surface area contributed by atoms with Crippen molar-refractivity contribution in [3.63, 3.8) is 0 Å². The van der Waals surface area contributed by atoms with Crippen molar-refractivity contribution in [2.45, 2.75) is 12.8 Å². The Hall–Kier alpha value is -2.06. The van der Waals surface area contributed by atoms with Crippen LogP contribution in [-0.4, -0.2) is 13.6 Å². The first-order valence-corrected chi connectivity index (χ1v) is 7.11. The molecule has 0 aromatic heterocycles. The summed E-state index contributed by atoms with van der Waals surface area (Å²) < 4.78 is 0. The van der Waals surface area contributed by atoms with E-state index >= 15 is 0 Å². The Kier molecular flexibility index (Phi) is 3.57. The molecule has 1 aliphatic carbocycles. The van der Waals surface area contributed by atoms with Crippen LogP contribution in [0, 0.1) is 0 Å². The Labute approximate surface area is 120 Å².